The van der Waals surface area contributed by atoms with Gasteiger partial charge in [-0.05, 0) is 32.1 Å². The SMILES string of the molecule is CC1CN(C(=O)C=Cc2ccc(F)cc2[N+](=O)[O-])CC(C)O1. The fourth-order valence-electron chi connectivity index (χ4n) is 2.44. The maximum atomic E-state index is 13.1. The van der Waals surface area contributed by atoms with Crippen molar-refractivity contribution in [3.63, 3.8) is 0 Å². The molecule has 6 nitrogen and oxygen atoms in total. The van der Waals surface area contributed by atoms with Crippen LogP contribution in [-0.2, 0) is 9.53 Å². The third-order valence-electron chi connectivity index (χ3n) is 3.33. The molecule has 0 radical (unpaired) electrons. The van der Waals surface area contributed by atoms with Gasteiger partial charge in [-0.15, -0.1) is 0 Å². The molecular weight excluding hydrogens is 291 g/mol. The molecule has 1 fully saturated rings. The number of morpholine rings is 1. The van der Waals surface area contributed by atoms with Gasteiger partial charge in [0.05, 0.1) is 28.8 Å². The van der Waals surface area contributed by atoms with E-state index < -0.39 is 10.7 Å². The number of hydrogen-bond donors (Lipinski definition) is 0. The lowest BCUT2D eigenvalue weighted by molar-refractivity contribution is -0.385. The maximum absolute atomic E-state index is 13.1. The van der Waals surface area contributed by atoms with Gasteiger partial charge in [0.15, 0.2) is 0 Å². The van der Waals surface area contributed by atoms with Crippen molar-refractivity contribution < 1.29 is 18.8 Å². The first-order valence-electron chi connectivity index (χ1n) is 6.93. The van der Waals surface area contributed by atoms with Crippen molar-refractivity contribution in [1.29, 1.82) is 0 Å². The Morgan fingerprint density at radius 1 is 1.41 bits per heavy atom. The van der Waals surface area contributed by atoms with E-state index in [9.17, 15) is 19.3 Å². The van der Waals surface area contributed by atoms with Crippen molar-refractivity contribution in [3.8, 4) is 0 Å². The molecule has 2 rings (SSSR count). The summed E-state index contributed by atoms with van der Waals surface area (Å²) in [5.41, 5.74) is -0.179. The van der Waals surface area contributed by atoms with E-state index in [1.54, 1.807) is 4.90 Å². The number of nitrogens with zero attached hydrogens (tertiary/aromatic N) is 2. The van der Waals surface area contributed by atoms with Gasteiger partial charge >= 0.3 is 0 Å². The first-order chi connectivity index (χ1) is 10.4. The summed E-state index contributed by atoms with van der Waals surface area (Å²) in [7, 11) is 0. The van der Waals surface area contributed by atoms with Gasteiger partial charge in [0, 0.05) is 19.2 Å². The lowest BCUT2D eigenvalue weighted by atomic mass is 10.1. The lowest BCUT2D eigenvalue weighted by Crippen LogP contribution is -2.47. The van der Waals surface area contributed by atoms with Crippen molar-refractivity contribution in [1.82, 2.24) is 4.90 Å². The summed E-state index contributed by atoms with van der Waals surface area (Å²) in [5, 5.41) is 10.9. The van der Waals surface area contributed by atoms with Crippen LogP contribution in [0, 0.1) is 15.9 Å². The Morgan fingerprint density at radius 3 is 2.64 bits per heavy atom. The zero-order chi connectivity index (χ0) is 16.3. The van der Waals surface area contributed by atoms with Crippen LogP contribution in [0.3, 0.4) is 0 Å². The summed E-state index contributed by atoms with van der Waals surface area (Å²) >= 11 is 0. The molecule has 0 aliphatic carbocycles. The highest BCUT2D eigenvalue weighted by Gasteiger charge is 2.24. The molecule has 2 unspecified atom stereocenters. The normalized spacial score (nSPS) is 22.0. The molecule has 0 saturated carbocycles. The van der Waals surface area contributed by atoms with Crippen molar-refractivity contribution in [2.75, 3.05) is 13.1 Å². The molecule has 118 valence electrons. The molecule has 22 heavy (non-hydrogen) atoms. The zero-order valence-electron chi connectivity index (χ0n) is 12.4. The highest BCUT2D eigenvalue weighted by molar-refractivity contribution is 5.92. The van der Waals surface area contributed by atoms with Crippen LogP contribution in [0.4, 0.5) is 10.1 Å². The van der Waals surface area contributed by atoms with E-state index in [0.717, 1.165) is 12.1 Å². The Balaban J connectivity index is 2.14. The minimum Gasteiger partial charge on any atom is -0.372 e. The van der Waals surface area contributed by atoms with Gasteiger partial charge in [-0.2, -0.15) is 0 Å². The van der Waals surface area contributed by atoms with E-state index in [0.29, 0.717) is 13.1 Å². The Hall–Kier alpha value is -2.28. The number of hydrogen-bond acceptors (Lipinski definition) is 4. The smallest absolute Gasteiger partial charge is 0.279 e. The van der Waals surface area contributed by atoms with Crippen LogP contribution in [0.2, 0.25) is 0 Å². The number of nitro groups is 1. The second-order valence-corrected chi connectivity index (χ2v) is 5.29. The molecule has 1 aliphatic heterocycles. The third-order valence-corrected chi connectivity index (χ3v) is 3.33. The average molecular weight is 308 g/mol. The number of nitro benzene ring substituents is 1. The number of benzene rings is 1. The molecule has 0 spiro atoms. The number of ether oxygens (including phenoxy) is 1. The monoisotopic (exact) mass is 308 g/mol. The summed E-state index contributed by atoms with van der Waals surface area (Å²) < 4.78 is 18.6. The third kappa shape index (κ3) is 3.88. The largest absolute Gasteiger partial charge is 0.372 e. The second kappa shape index (κ2) is 6.65. The van der Waals surface area contributed by atoms with Gasteiger partial charge in [0.25, 0.3) is 5.69 Å². The van der Waals surface area contributed by atoms with Crippen LogP contribution >= 0.6 is 0 Å². The Kier molecular flexibility index (Phi) is 4.87. The van der Waals surface area contributed by atoms with Crippen LogP contribution < -0.4 is 0 Å². The quantitative estimate of drug-likeness (QED) is 0.488. The number of amides is 1. The lowest BCUT2D eigenvalue weighted by Gasteiger charge is -2.34. The van der Waals surface area contributed by atoms with Gasteiger partial charge in [-0.25, -0.2) is 4.39 Å². The highest BCUT2D eigenvalue weighted by Crippen LogP contribution is 2.21. The van der Waals surface area contributed by atoms with E-state index in [2.05, 4.69) is 0 Å². The van der Waals surface area contributed by atoms with Gasteiger partial charge in [-0.1, -0.05) is 0 Å². The molecule has 0 aromatic heterocycles. The zero-order valence-corrected chi connectivity index (χ0v) is 12.4. The predicted molar refractivity (Wildman–Crippen MR) is 78.7 cm³/mol. The average Bonchev–Trinajstić information content (AvgIpc) is 2.44. The number of rotatable bonds is 3. The van der Waals surface area contributed by atoms with Gasteiger partial charge in [-0.3, -0.25) is 14.9 Å². The molecule has 0 bridgehead atoms. The summed E-state index contributed by atoms with van der Waals surface area (Å²) in [6.07, 6.45) is 2.50. The Labute approximate surface area is 127 Å². The summed E-state index contributed by atoms with van der Waals surface area (Å²) in [5.74, 6) is -0.938. The van der Waals surface area contributed by atoms with Gasteiger partial charge in [0.1, 0.15) is 5.82 Å². The summed E-state index contributed by atoms with van der Waals surface area (Å²) in [6, 6.07) is 3.24. The first-order valence-corrected chi connectivity index (χ1v) is 6.93. The standard InChI is InChI=1S/C15H17FN2O4/c1-10-8-17(9-11(2)22-10)15(19)6-4-12-3-5-13(16)7-14(12)18(20)21/h3-7,10-11H,8-9H2,1-2H3. The Bertz CT molecular complexity index is 608. The topological polar surface area (TPSA) is 72.7 Å². The van der Waals surface area contributed by atoms with Crippen LogP contribution in [0.25, 0.3) is 6.08 Å². The second-order valence-electron chi connectivity index (χ2n) is 5.29. The van der Waals surface area contributed by atoms with E-state index in [-0.39, 0.29) is 29.4 Å². The van der Waals surface area contributed by atoms with Crippen molar-refractivity contribution >= 4 is 17.7 Å². The minimum absolute atomic E-state index is 0.0544. The Morgan fingerprint density at radius 2 is 2.05 bits per heavy atom. The molecule has 1 aromatic rings. The van der Waals surface area contributed by atoms with Gasteiger partial charge < -0.3 is 9.64 Å². The first kappa shape index (κ1) is 16.1. The van der Waals surface area contributed by atoms with Crippen molar-refractivity contribution in [2.45, 2.75) is 26.1 Å². The molecule has 1 aromatic carbocycles. The molecule has 2 atom stereocenters. The van der Waals surface area contributed by atoms with E-state index in [4.69, 9.17) is 4.74 Å². The molecular formula is C15H17FN2O4. The van der Waals surface area contributed by atoms with E-state index >= 15 is 0 Å². The van der Waals surface area contributed by atoms with E-state index in [1.165, 1.54) is 18.2 Å². The fourth-order valence-corrected chi connectivity index (χ4v) is 2.44. The fraction of sp³-hybridized carbons (Fsp3) is 0.400. The van der Waals surface area contributed by atoms with Gasteiger partial charge in [0.2, 0.25) is 5.91 Å². The molecule has 1 aliphatic rings. The maximum Gasteiger partial charge on any atom is 0.279 e. The van der Waals surface area contributed by atoms with Crippen molar-refractivity contribution in [2.24, 2.45) is 0 Å². The van der Waals surface area contributed by atoms with E-state index in [1.807, 2.05) is 13.8 Å². The van der Waals surface area contributed by atoms with Crippen LogP contribution in [-0.4, -0.2) is 41.0 Å². The number of halogens is 1. The number of carbonyl (C=O) groups is 1. The molecule has 7 heteroatoms. The van der Waals surface area contributed by atoms with Crippen molar-refractivity contribution in [3.05, 3.63) is 45.8 Å². The predicted octanol–water partition coefficient (Wildman–Crippen LogP) is 2.38. The molecule has 1 saturated heterocycles. The highest BCUT2D eigenvalue weighted by atomic mass is 19.1. The summed E-state index contributed by atoms with van der Waals surface area (Å²) in [4.78, 5) is 24.0. The van der Waals surface area contributed by atoms with Crippen LogP contribution in [0.5, 0.6) is 0 Å². The van der Waals surface area contributed by atoms with Crippen LogP contribution in [0.1, 0.15) is 19.4 Å². The molecule has 1 heterocycles. The molecule has 0 N–H and O–H groups in total. The minimum atomic E-state index is -0.689. The number of carbonyl (C=O) groups excluding carboxylic acids is 1. The van der Waals surface area contributed by atoms with Crippen LogP contribution in [0.15, 0.2) is 24.3 Å². The molecule has 1 amide bonds. The summed E-state index contributed by atoms with van der Waals surface area (Å²) in [6.45, 7) is 4.70.